The first-order chi connectivity index (χ1) is 10.2. The Kier molecular flexibility index (Phi) is 4.61. The minimum absolute atomic E-state index is 0.0481. The van der Waals surface area contributed by atoms with E-state index in [2.05, 4.69) is 4.98 Å². The Morgan fingerprint density at radius 3 is 2.71 bits per heavy atom. The number of para-hydroxylation sites is 1. The summed E-state index contributed by atoms with van der Waals surface area (Å²) in [6.45, 7) is 0.0481. The molecule has 1 aromatic carbocycles. The van der Waals surface area contributed by atoms with Gasteiger partial charge in [-0.05, 0) is 24.3 Å². The Balaban J connectivity index is 2.12. The lowest BCUT2D eigenvalue weighted by atomic mass is 10.1. The highest BCUT2D eigenvalue weighted by Crippen LogP contribution is 2.25. The van der Waals surface area contributed by atoms with Gasteiger partial charge in [-0.15, -0.1) is 0 Å². The SMILES string of the molecule is COc1cccc(C(=O)OCc2cccnc2OC)c1N. The van der Waals surface area contributed by atoms with E-state index in [1.165, 1.54) is 14.2 Å². The van der Waals surface area contributed by atoms with Gasteiger partial charge >= 0.3 is 5.97 Å². The molecule has 0 radical (unpaired) electrons. The number of hydrogen-bond acceptors (Lipinski definition) is 6. The van der Waals surface area contributed by atoms with Crippen LogP contribution >= 0.6 is 0 Å². The van der Waals surface area contributed by atoms with Crippen molar-refractivity contribution in [1.82, 2.24) is 4.98 Å². The van der Waals surface area contributed by atoms with Crippen LogP contribution in [0.3, 0.4) is 0 Å². The molecule has 21 heavy (non-hydrogen) atoms. The van der Waals surface area contributed by atoms with Crippen molar-refractivity contribution in [2.75, 3.05) is 20.0 Å². The van der Waals surface area contributed by atoms with E-state index in [1.807, 2.05) is 0 Å². The van der Waals surface area contributed by atoms with Crippen LogP contribution < -0.4 is 15.2 Å². The molecule has 6 nitrogen and oxygen atoms in total. The van der Waals surface area contributed by atoms with Crippen LogP contribution in [0.2, 0.25) is 0 Å². The summed E-state index contributed by atoms with van der Waals surface area (Å²) in [6, 6.07) is 8.45. The van der Waals surface area contributed by atoms with E-state index in [0.717, 1.165) is 0 Å². The predicted octanol–water partition coefficient (Wildman–Crippen LogP) is 2.04. The lowest BCUT2D eigenvalue weighted by Gasteiger charge is -2.11. The number of nitrogens with two attached hydrogens (primary N) is 1. The molecule has 0 aliphatic rings. The van der Waals surface area contributed by atoms with Crippen molar-refractivity contribution in [3.63, 3.8) is 0 Å². The van der Waals surface area contributed by atoms with Gasteiger partial charge in [-0.25, -0.2) is 9.78 Å². The number of nitrogen functional groups attached to an aromatic ring is 1. The normalized spacial score (nSPS) is 10.0. The standard InChI is InChI=1S/C15H16N2O4/c1-19-12-7-3-6-11(13(12)16)15(18)21-9-10-5-4-8-17-14(10)20-2/h3-8H,9,16H2,1-2H3. The van der Waals surface area contributed by atoms with E-state index in [9.17, 15) is 4.79 Å². The van der Waals surface area contributed by atoms with Crippen molar-refractivity contribution in [3.05, 3.63) is 47.7 Å². The lowest BCUT2D eigenvalue weighted by Crippen LogP contribution is -2.09. The number of benzene rings is 1. The number of esters is 1. The molecule has 2 aromatic rings. The first-order valence-corrected chi connectivity index (χ1v) is 6.25. The van der Waals surface area contributed by atoms with Gasteiger partial charge in [0.1, 0.15) is 12.4 Å². The third-order valence-corrected chi connectivity index (χ3v) is 2.91. The Bertz CT molecular complexity index is 643. The number of rotatable bonds is 5. The number of ether oxygens (including phenoxy) is 3. The van der Waals surface area contributed by atoms with E-state index in [4.69, 9.17) is 19.9 Å². The zero-order valence-electron chi connectivity index (χ0n) is 11.8. The van der Waals surface area contributed by atoms with Gasteiger partial charge in [0.2, 0.25) is 5.88 Å². The third-order valence-electron chi connectivity index (χ3n) is 2.91. The van der Waals surface area contributed by atoms with Crippen LogP contribution in [0.25, 0.3) is 0 Å². The Morgan fingerprint density at radius 2 is 2.00 bits per heavy atom. The van der Waals surface area contributed by atoms with Crippen molar-refractivity contribution in [2.24, 2.45) is 0 Å². The van der Waals surface area contributed by atoms with Gasteiger partial charge in [-0.2, -0.15) is 0 Å². The summed E-state index contributed by atoms with van der Waals surface area (Å²) in [5, 5.41) is 0. The zero-order chi connectivity index (χ0) is 15.2. The molecule has 0 saturated carbocycles. The van der Waals surface area contributed by atoms with E-state index in [1.54, 1.807) is 36.5 Å². The van der Waals surface area contributed by atoms with Gasteiger partial charge in [0.15, 0.2) is 0 Å². The van der Waals surface area contributed by atoms with Crippen LogP contribution in [0.15, 0.2) is 36.5 Å². The molecule has 0 bridgehead atoms. The van der Waals surface area contributed by atoms with Crippen LogP contribution in [0.5, 0.6) is 11.6 Å². The Morgan fingerprint density at radius 1 is 1.19 bits per heavy atom. The topological polar surface area (TPSA) is 83.7 Å². The van der Waals surface area contributed by atoms with Gasteiger partial charge in [-0.3, -0.25) is 0 Å². The van der Waals surface area contributed by atoms with Crippen LogP contribution in [0.4, 0.5) is 5.69 Å². The van der Waals surface area contributed by atoms with E-state index in [0.29, 0.717) is 17.2 Å². The maximum Gasteiger partial charge on any atom is 0.340 e. The van der Waals surface area contributed by atoms with Crippen LogP contribution in [0.1, 0.15) is 15.9 Å². The average molecular weight is 288 g/mol. The molecule has 0 unspecified atom stereocenters. The number of methoxy groups -OCH3 is 2. The summed E-state index contributed by atoms with van der Waals surface area (Å²) < 4.78 is 15.4. The minimum atomic E-state index is -0.530. The molecule has 2 rings (SSSR count). The van der Waals surface area contributed by atoms with E-state index in [-0.39, 0.29) is 17.9 Å². The maximum absolute atomic E-state index is 12.1. The lowest BCUT2D eigenvalue weighted by molar-refractivity contribution is 0.0470. The fraction of sp³-hybridized carbons (Fsp3) is 0.200. The monoisotopic (exact) mass is 288 g/mol. The van der Waals surface area contributed by atoms with Gasteiger partial charge in [0.05, 0.1) is 31.0 Å². The maximum atomic E-state index is 12.1. The van der Waals surface area contributed by atoms with Crippen molar-refractivity contribution < 1.29 is 19.0 Å². The summed E-state index contributed by atoms with van der Waals surface area (Å²) in [6.07, 6.45) is 1.60. The van der Waals surface area contributed by atoms with Gasteiger partial charge < -0.3 is 19.9 Å². The van der Waals surface area contributed by atoms with Crippen molar-refractivity contribution >= 4 is 11.7 Å². The number of nitrogens with zero attached hydrogens (tertiary/aromatic N) is 1. The summed E-state index contributed by atoms with van der Waals surface area (Å²) in [4.78, 5) is 16.1. The first kappa shape index (κ1) is 14.6. The summed E-state index contributed by atoms with van der Waals surface area (Å²) >= 11 is 0. The first-order valence-electron chi connectivity index (χ1n) is 6.25. The van der Waals surface area contributed by atoms with Gasteiger partial charge in [0.25, 0.3) is 0 Å². The van der Waals surface area contributed by atoms with E-state index < -0.39 is 5.97 Å². The fourth-order valence-corrected chi connectivity index (χ4v) is 1.84. The van der Waals surface area contributed by atoms with Crippen LogP contribution in [0, 0.1) is 0 Å². The van der Waals surface area contributed by atoms with Crippen molar-refractivity contribution in [1.29, 1.82) is 0 Å². The third kappa shape index (κ3) is 3.22. The summed E-state index contributed by atoms with van der Waals surface area (Å²) in [5.74, 6) is 0.324. The van der Waals surface area contributed by atoms with Crippen molar-refractivity contribution in [3.8, 4) is 11.6 Å². The Labute approximate surface area is 122 Å². The van der Waals surface area contributed by atoms with E-state index >= 15 is 0 Å². The molecule has 0 saturated heterocycles. The summed E-state index contributed by atoms with van der Waals surface area (Å²) in [5.41, 5.74) is 7.05. The number of aromatic nitrogens is 1. The number of hydrogen-bond donors (Lipinski definition) is 1. The van der Waals surface area contributed by atoms with Crippen LogP contribution in [-0.4, -0.2) is 25.2 Å². The number of pyridine rings is 1. The molecule has 1 heterocycles. The highest BCUT2D eigenvalue weighted by atomic mass is 16.5. The minimum Gasteiger partial charge on any atom is -0.495 e. The molecule has 0 aliphatic heterocycles. The second kappa shape index (κ2) is 6.60. The number of carbonyl (C=O) groups is 1. The molecule has 0 aliphatic carbocycles. The second-order valence-corrected chi connectivity index (χ2v) is 4.17. The predicted molar refractivity (Wildman–Crippen MR) is 77.3 cm³/mol. The summed E-state index contributed by atoms with van der Waals surface area (Å²) in [7, 11) is 3.00. The molecule has 0 spiro atoms. The zero-order valence-corrected chi connectivity index (χ0v) is 11.8. The quantitative estimate of drug-likeness (QED) is 0.669. The van der Waals surface area contributed by atoms with Crippen molar-refractivity contribution in [2.45, 2.75) is 6.61 Å². The molecular formula is C15H16N2O4. The molecule has 0 atom stereocenters. The molecule has 1 aromatic heterocycles. The van der Waals surface area contributed by atoms with Crippen LogP contribution in [-0.2, 0) is 11.3 Å². The molecule has 110 valence electrons. The van der Waals surface area contributed by atoms with Gasteiger partial charge in [-0.1, -0.05) is 6.07 Å². The highest BCUT2D eigenvalue weighted by molar-refractivity contribution is 5.96. The number of carbonyl (C=O) groups excluding carboxylic acids is 1. The fourth-order valence-electron chi connectivity index (χ4n) is 1.84. The molecular weight excluding hydrogens is 272 g/mol. The average Bonchev–Trinajstić information content (AvgIpc) is 2.53. The second-order valence-electron chi connectivity index (χ2n) is 4.17. The molecule has 0 fully saturated rings. The smallest absolute Gasteiger partial charge is 0.340 e. The largest absolute Gasteiger partial charge is 0.495 e. The molecule has 2 N–H and O–H groups in total. The molecule has 6 heteroatoms. The van der Waals surface area contributed by atoms with Gasteiger partial charge in [0, 0.05) is 6.20 Å². The molecule has 0 amide bonds. The number of anilines is 1. The highest BCUT2D eigenvalue weighted by Gasteiger charge is 2.15. The Hall–Kier alpha value is -2.76.